The molecule has 31 heavy (non-hydrogen) atoms. The standard InChI is InChI=1S/C20H30O11/c1-12-9-19(24)30-13(2)15(21)10-16(22)20(25)31-14(3)17(5-6-18(23)29-12)28-11-27-8-7-26-4/h5-6,12-14,16-17,22H,7-11H2,1-4H3/b6-5+/t12-,13-,14-,16?,17+/m0/s1. The Morgan fingerprint density at radius 2 is 1.74 bits per heavy atom. The van der Waals surface area contributed by atoms with Crippen molar-refractivity contribution >= 4 is 23.7 Å². The van der Waals surface area contributed by atoms with Crippen molar-refractivity contribution < 1.29 is 52.7 Å². The van der Waals surface area contributed by atoms with Gasteiger partial charge in [0, 0.05) is 19.6 Å². The molecule has 1 rings (SSSR count). The van der Waals surface area contributed by atoms with Crippen LogP contribution < -0.4 is 0 Å². The van der Waals surface area contributed by atoms with Gasteiger partial charge in [-0.3, -0.25) is 9.59 Å². The molecule has 1 aliphatic heterocycles. The first kappa shape index (κ1) is 26.7. The van der Waals surface area contributed by atoms with Crippen LogP contribution in [0.3, 0.4) is 0 Å². The number of rotatable bonds is 6. The number of methoxy groups -OCH3 is 1. The summed E-state index contributed by atoms with van der Waals surface area (Å²) in [5.41, 5.74) is 0. The fraction of sp³-hybridized carbons (Fsp3) is 0.700. The molecule has 0 aromatic carbocycles. The Hall–Kier alpha value is -2.34. The maximum Gasteiger partial charge on any atom is 0.335 e. The van der Waals surface area contributed by atoms with Gasteiger partial charge in [0.2, 0.25) is 0 Å². The molecule has 1 N–H and O–H groups in total. The highest BCUT2D eigenvalue weighted by Crippen LogP contribution is 2.12. The predicted molar refractivity (Wildman–Crippen MR) is 104 cm³/mol. The minimum Gasteiger partial charge on any atom is -0.459 e. The third-order valence-electron chi connectivity index (χ3n) is 4.16. The molecule has 0 amide bonds. The summed E-state index contributed by atoms with van der Waals surface area (Å²) in [5, 5.41) is 10.00. The van der Waals surface area contributed by atoms with Crippen molar-refractivity contribution in [1.82, 2.24) is 0 Å². The summed E-state index contributed by atoms with van der Waals surface area (Å²) in [6, 6.07) is 0. The third kappa shape index (κ3) is 10.5. The van der Waals surface area contributed by atoms with Gasteiger partial charge < -0.3 is 33.5 Å². The van der Waals surface area contributed by atoms with Crippen LogP contribution in [0, 0.1) is 0 Å². The lowest BCUT2D eigenvalue weighted by Gasteiger charge is -2.23. The smallest absolute Gasteiger partial charge is 0.335 e. The molecular weight excluding hydrogens is 416 g/mol. The highest BCUT2D eigenvalue weighted by molar-refractivity contribution is 5.90. The Morgan fingerprint density at radius 3 is 2.42 bits per heavy atom. The number of carbonyl (C=O) groups excluding carboxylic acids is 4. The lowest BCUT2D eigenvalue weighted by atomic mass is 10.1. The lowest BCUT2D eigenvalue weighted by molar-refractivity contribution is -0.171. The molecule has 1 heterocycles. The van der Waals surface area contributed by atoms with E-state index >= 15 is 0 Å². The molecule has 5 atom stereocenters. The molecule has 0 fully saturated rings. The first-order valence-electron chi connectivity index (χ1n) is 9.81. The van der Waals surface area contributed by atoms with E-state index in [4.69, 9.17) is 28.4 Å². The summed E-state index contributed by atoms with van der Waals surface area (Å²) in [6.07, 6.45) is -4.10. The van der Waals surface area contributed by atoms with Crippen LogP contribution >= 0.6 is 0 Å². The molecule has 1 unspecified atom stereocenters. The molecule has 11 nitrogen and oxygen atoms in total. The number of esters is 3. The largest absolute Gasteiger partial charge is 0.459 e. The first-order valence-corrected chi connectivity index (χ1v) is 9.81. The Labute approximate surface area is 180 Å². The molecule has 0 spiro atoms. The number of hydrogen-bond donors (Lipinski definition) is 1. The highest BCUT2D eigenvalue weighted by atomic mass is 16.7. The summed E-state index contributed by atoms with van der Waals surface area (Å²) in [6.45, 7) is 4.72. The summed E-state index contributed by atoms with van der Waals surface area (Å²) < 4.78 is 30.8. The van der Waals surface area contributed by atoms with Gasteiger partial charge in [0.25, 0.3) is 0 Å². The first-order chi connectivity index (χ1) is 14.6. The molecule has 0 aromatic rings. The zero-order valence-electron chi connectivity index (χ0n) is 18.1. The molecule has 0 bridgehead atoms. The second-order valence-corrected chi connectivity index (χ2v) is 6.92. The number of Topliss-reactive ketones (excluding diaryl/α,β-unsaturated/α-hetero) is 1. The van der Waals surface area contributed by atoms with Crippen LogP contribution in [-0.4, -0.2) is 86.4 Å². The summed E-state index contributed by atoms with van der Waals surface area (Å²) in [7, 11) is 1.51. The SMILES string of the molecule is COCCOCO[C@@H]1/C=C/C(=O)O[C@@H](C)CC(=O)O[C@@H](C)C(=O)CC(O)C(=O)O[C@H]1C. The van der Waals surface area contributed by atoms with Gasteiger partial charge in [-0.25, -0.2) is 9.59 Å². The predicted octanol–water partition coefficient (Wildman–Crippen LogP) is 0.0672. The maximum atomic E-state index is 12.2. The quantitative estimate of drug-likeness (QED) is 0.256. The van der Waals surface area contributed by atoms with Gasteiger partial charge in [-0.05, 0) is 26.8 Å². The molecule has 1 aliphatic rings. The Kier molecular flexibility index (Phi) is 11.9. The fourth-order valence-corrected chi connectivity index (χ4v) is 2.44. The van der Waals surface area contributed by atoms with E-state index in [0.29, 0.717) is 6.61 Å². The summed E-state index contributed by atoms with van der Waals surface area (Å²) >= 11 is 0. The fourth-order valence-electron chi connectivity index (χ4n) is 2.44. The van der Waals surface area contributed by atoms with Crippen molar-refractivity contribution in [3.63, 3.8) is 0 Å². The van der Waals surface area contributed by atoms with E-state index in [1.807, 2.05) is 0 Å². The van der Waals surface area contributed by atoms with E-state index < -0.39 is 60.6 Å². The second kappa shape index (κ2) is 13.9. The van der Waals surface area contributed by atoms with Crippen LogP contribution in [0.15, 0.2) is 12.2 Å². The second-order valence-electron chi connectivity index (χ2n) is 6.92. The van der Waals surface area contributed by atoms with Crippen molar-refractivity contribution in [2.45, 2.75) is 64.1 Å². The van der Waals surface area contributed by atoms with E-state index in [1.165, 1.54) is 34.0 Å². The minimum absolute atomic E-state index is 0.184. The van der Waals surface area contributed by atoms with Crippen LogP contribution in [0.25, 0.3) is 0 Å². The lowest BCUT2D eigenvalue weighted by Crippen LogP contribution is -2.37. The van der Waals surface area contributed by atoms with Gasteiger partial charge >= 0.3 is 17.9 Å². The number of aliphatic hydroxyl groups excluding tert-OH is 1. The van der Waals surface area contributed by atoms with Crippen molar-refractivity contribution in [1.29, 1.82) is 0 Å². The van der Waals surface area contributed by atoms with E-state index in [2.05, 4.69) is 0 Å². The molecule has 176 valence electrons. The van der Waals surface area contributed by atoms with Crippen molar-refractivity contribution in [3.8, 4) is 0 Å². The Morgan fingerprint density at radius 1 is 1.03 bits per heavy atom. The van der Waals surface area contributed by atoms with Gasteiger partial charge in [0.05, 0.1) is 19.6 Å². The Balaban J connectivity index is 2.95. The number of cyclic esters (lactones) is 3. The van der Waals surface area contributed by atoms with Crippen molar-refractivity contribution in [2.24, 2.45) is 0 Å². The van der Waals surface area contributed by atoms with Crippen LogP contribution in [0.1, 0.15) is 33.6 Å². The zero-order valence-corrected chi connectivity index (χ0v) is 18.1. The molecule has 0 radical (unpaired) electrons. The van der Waals surface area contributed by atoms with Crippen molar-refractivity contribution in [2.75, 3.05) is 27.1 Å². The number of ether oxygens (including phenoxy) is 6. The van der Waals surface area contributed by atoms with E-state index in [0.717, 1.165) is 6.08 Å². The average Bonchev–Trinajstić information content (AvgIpc) is 2.68. The molecule has 11 heteroatoms. The average molecular weight is 446 g/mol. The van der Waals surface area contributed by atoms with Crippen LogP contribution in [0.2, 0.25) is 0 Å². The number of aliphatic hydroxyl groups is 1. The topological polar surface area (TPSA) is 144 Å². The number of ketones is 1. The number of hydrogen-bond acceptors (Lipinski definition) is 11. The zero-order chi connectivity index (χ0) is 23.4. The van der Waals surface area contributed by atoms with Gasteiger partial charge in [-0.1, -0.05) is 0 Å². The van der Waals surface area contributed by atoms with Gasteiger partial charge in [0.15, 0.2) is 18.0 Å². The summed E-state index contributed by atoms with van der Waals surface area (Å²) in [5.74, 6) is -3.26. The molecular formula is C20H30O11. The van der Waals surface area contributed by atoms with E-state index in [9.17, 15) is 24.3 Å². The van der Waals surface area contributed by atoms with E-state index in [1.54, 1.807) is 0 Å². The molecule has 0 aromatic heterocycles. The van der Waals surface area contributed by atoms with Crippen LogP contribution in [0.5, 0.6) is 0 Å². The summed E-state index contributed by atoms with van der Waals surface area (Å²) in [4.78, 5) is 48.2. The number of carbonyl (C=O) groups is 4. The van der Waals surface area contributed by atoms with Crippen LogP contribution in [0.4, 0.5) is 0 Å². The minimum atomic E-state index is -1.75. The van der Waals surface area contributed by atoms with Gasteiger partial charge in [-0.2, -0.15) is 0 Å². The third-order valence-corrected chi connectivity index (χ3v) is 4.16. The Bertz CT molecular complexity index is 645. The highest BCUT2D eigenvalue weighted by Gasteiger charge is 2.29. The van der Waals surface area contributed by atoms with Crippen molar-refractivity contribution in [3.05, 3.63) is 12.2 Å². The normalized spacial score (nSPS) is 30.3. The molecule has 0 aliphatic carbocycles. The molecule has 0 saturated carbocycles. The van der Waals surface area contributed by atoms with E-state index in [-0.39, 0.29) is 19.8 Å². The monoisotopic (exact) mass is 446 g/mol. The van der Waals surface area contributed by atoms with Gasteiger partial charge in [-0.15, -0.1) is 0 Å². The molecule has 0 saturated heterocycles. The van der Waals surface area contributed by atoms with Gasteiger partial charge in [0.1, 0.15) is 25.1 Å². The maximum absolute atomic E-state index is 12.2. The van der Waals surface area contributed by atoms with Crippen LogP contribution in [-0.2, 0) is 47.6 Å².